The van der Waals surface area contributed by atoms with Crippen molar-refractivity contribution in [3.63, 3.8) is 0 Å². The molecular formula is C69H103N3O9. The summed E-state index contributed by atoms with van der Waals surface area (Å²) in [4.78, 5) is 77.0. The molecule has 12 heteroatoms. The van der Waals surface area contributed by atoms with Crippen molar-refractivity contribution < 1.29 is 43.0 Å². The number of carbonyl (C=O) groups is 6. The number of rotatable bonds is 24. The molecule has 0 fully saturated rings. The third-order valence-electron chi connectivity index (χ3n) is 13.0. The summed E-state index contributed by atoms with van der Waals surface area (Å²) in [6.07, 6.45) is 3.49. The number of hydrogen-bond acceptors (Lipinski definition) is 9. The fraction of sp³-hybridized carbons (Fsp3) is 0.565. The largest absolute Gasteiger partial charge is 0.458 e. The van der Waals surface area contributed by atoms with E-state index < -0.39 is 40.9 Å². The molecule has 4 rings (SSSR count). The van der Waals surface area contributed by atoms with Gasteiger partial charge in [0.25, 0.3) is 0 Å². The van der Waals surface area contributed by atoms with Gasteiger partial charge in [-0.1, -0.05) is 191 Å². The third-order valence-corrected chi connectivity index (χ3v) is 13.0. The molecule has 0 aliphatic carbocycles. The van der Waals surface area contributed by atoms with E-state index in [1.165, 1.54) is 0 Å². The molecule has 0 saturated carbocycles. The lowest BCUT2D eigenvalue weighted by Crippen LogP contribution is -2.48. The van der Waals surface area contributed by atoms with Gasteiger partial charge in [0.05, 0.1) is 0 Å². The lowest BCUT2D eigenvalue weighted by molar-refractivity contribution is -0.160. The van der Waals surface area contributed by atoms with Gasteiger partial charge in [0, 0.05) is 30.6 Å². The molecular weight excluding hydrogens is 1010 g/mol. The van der Waals surface area contributed by atoms with E-state index in [1.807, 2.05) is 239 Å². The standard InChI is InChI=1S/C25H33NO3.2C22H35NO3/c1-18(2)21(16-19-12-8-6-9-13-19)23(27)26-22(24(28)29-25(3,4)5)17-20-14-10-7-11-15-20;1-15(2)13-19(21(25)26-22(5,6)7)23-20(24)18(16(3)4)14-17-11-9-8-10-12-17;1-15(2)13-18(16(3)4)20(24)23-19(21(25)26-22(5,6)7)14-17-11-9-8-10-12-17/h6-15,18,21-22H,16-17H2,1-5H3,(H,26,27);2*8-12,15-16,18-19H,13-14H2,1-7H3,(H,23,24)/t21?,22-;2*18?,19-/m000/s1. The second-order valence-corrected chi connectivity index (χ2v) is 26.4. The summed E-state index contributed by atoms with van der Waals surface area (Å²) in [5.41, 5.74) is 2.43. The molecule has 0 bridgehead atoms. The lowest BCUT2D eigenvalue weighted by atomic mass is 9.86. The van der Waals surface area contributed by atoms with Crippen molar-refractivity contribution >= 4 is 35.6 Å². The smallest absolute Gasteiger partial charge is 0.329 e. The van der Waals surface area contributed by atoms with E-state index >= 15 is 0 Å². The predicted molar refractivity (Wildman–Crippen MR) is 328 cm³/mol. The molecule has 0 radical (unpaired) electrons. The van der Waals surface area contributed by atoms with Crippen LogP contribution >= 0.6 is 0 Å². The lowest BCUT2D eigenvalue weighted by Gasteiger charge is -2.28. The first-order valence-electron chi connectivity index (χ1n) is 29.4. The monoisotopic (exact) mass is 1120 g/mol. The third kappa shape index (κ3) is 29.8. The number of carbonyl (C=O) groups excluding carboxylic acids is 6. The van der Waals surface area contributed by atoms with Crippen molar-refractivity contribution in [3.8, 4) is 0 Å². The van der Waals surface area contributed by atoms with Gasteiger partial charge in [0.1, 0.15) is 34.9 Å². The maximum Gasteiger partial charge on any atom is 0.329 e. The molecule has 0 saturated heterocycles. The van der Waals surface area contributed by atoms with Crippen molar-refractivity contribution in [1.82, 2.24) is 16.0 Å². The van der Waals surface area contributed by atoms with Crippen LogP contribution in [-0.4, -0.2) is 70.6 Å². The van der Waals surface area contributed by atoms with Crippen molar-refractivity contribution in [2.45, 2.75) is 205 Å². The number of benzene rings is 4. The van der Waals surface area contributed by atoms with Crippen LogP contribution in [-0.2, 0) is 68.7 Å². The Balaban J connectivity index is 0.000000416. The highest BCUT2D eigenvalue weighted by molar-refractivity contribution is 5.88. The second-order valence-electron chi connectivity index (χ2n) is 26.4. The summed E-state index contributed by atoms with van der Waals surface area (Å²) in [5, 5.41) is 8.90. The molecule has 3 N–H and O–H groups in total. The molecule has 448 valence electrons. The quantitative estimate of drug-likeness (QED) is 0.0457. The first-order valence-corrected chi connectivity index (χ1v) is 29.4. The van der Waals surface area contributed by atoms with Crippen LogP contribution in [0.3, 0.4) is 0 Å². The highest BCUT2D eigenvalue weighted by Gasteiger charge is 2.34. The average Bonchev–Trinajstić information content (AvgIpc) is 3.36. The number of nitrogens with one attached hydrogen (secondary N) is 3. The van der Waals surface area contributed by atoms with Gasteiger partial charge in [0.15, 0.2) is 0 Å². The fourth-order valence-electron chi connectivity index (χ4n) is 8.91. The van der Waals surface area contributed by atoms with Gasteiger partial charge in [-0.25, -0.2) is 14.4 Å². The number of ether oxygens (including phenoxy) is 3. The Labute approximate surface area is 488 Å². The van der Waals surface area contributed by atoms with Gasteiger partial charge in [-0.2, -0.15) is 0 Å². The van der Waals surface area contributed by atoms with E-state index in [2.05, 4.69) is 29.8 Å². The Morgan fingerprint density at radius 1 is 0.333 bits per heavy atom. The molecule has 12 nitrogen and oxygen atoms in total. The first-order chi connectivity index (χ1) is 37.6. The van der Waals surface area contributed by atoms with Crippen LogP contribution in [0.2, 0.25) is 0 Å². The minimum absolute atomic E-state index is 0.0690. The molecule has 3 unspecified atom stereocenters. The zero-order chi connectivity index (χ0) is 61.3. The first kappa shape index (κ1) is 70.8. The van der Waals surface area contributed by atoms with Crippen LogP contribution in [0.1, 0.15) is 167 Å². The van der Waals surface area contributed by atoms with Crippen molar-refractivity contribution in [1.29, 1.82) is 0 Å². The molecule has 0 spiro atoms. The molecule has 4 aromatic rings. The van der Waals surface area contributed by atoms with Gasteiger partial charge in [-0.3, -0.25) is 14.4 Å². The molecule has 0 aromatic heterocycles. The van der Waals surface area contributed by atoms with Gasteiger partial charge < -0.3 is 30.2 Å². The normalized spacial score (nSPS) is 14.0. The molecule has 3 amide bonds. The zero-order valence-corrected chi connectivity index (χ0v) is 52.8. The summed E-state index contributed by atoms with van der Waals surface area (Å²) < 4.78 is 16.6. The minimum atomic E-state index is -0.721. The van der Waals surface area contributed by atoms with Crippen LogP contribution in [0.4, 0.5) is 0 Å². The van der Waals surface area contributed by atoms with E-state index in [4.69, 9.17) is 14.2 Å². The average molecular weight is 1120 g/mol. The Morgan fingerprint density at radius 2 is 0.568 bits per heavy atom. The summed E-state index contributed by atoms with van der Waals surface area (Å²) >= 11 is 0. The molecule has 0 aliphatic rings. The van der Waals surface area contributed by atoms with E-state index in [-0.39, 0.29) is 71.1 Å². The Bertz CT molecular complexity index is 2470. The number of hydrogen-bond donors (Lipinski definition) is 3. The topological polar surface area (TPSA) is 166 Å². The van der Waals surface area contributed by atoms with Crippen LogP contribution in [0, 0.1) is 47.3 Å². The Morgan fingerprint density at radius 3 is 0.815 bits per heavy atom. The van der Waals surface area contributed by atoms with Crippen molar-refractivity contribution in [2.75, 3.05) is 0 Å². The second kappa shape index (κ2) is 34.2. The predicted octanol–water partition coefficient (Wildman–Crippen LogP) is 13.3. The molecule has 0 aliphatic heterocycles. The fourth-order valence-corrected chi connectivity index (χ4v) is 8.91. The highest BCUT2D eigenvalue weighted by Crippen LogP contribution is 2.24. The van der Waals surface area contributed by atoms with Gasteiger partial charge >= 0.3 is 17.9 Å². The molecule has 0 heterocycles. The minimum Gasteiger partial charge on any atom is -0.458 e. The van der Waals surface area contributed by atoms with E-state index in [0.717, 1.165) is 28.7 Å². The van der Waals surface area contributed by atoms with Crippen molar-refractivity contribution in [3.05, 3.63) is 144 Å². The van der Waals surface area contributed by atoms with Gasteiger partial charge in [0.2, 0.25) is 17.7 Å². The molecule has 4 aromatic carbocycles. The maximum absolute atomic E-state index is 13.1. The van der Waals surface area contributed by atoms with Gasteiger partial charge in [-0.05, 0) is 140 Å². The Kier molecular flexibility index (Phi) is 29.9. The maximum atomic E-state index is 13.1. The van der Waals surface area contributed by atoms with E-state index in [1.54, 1.807) is 0 Å². The van der Waals surface area contributed by atoms with Crippen LogP contribution in [0.15, 0.2) is 121 Å². The van der Waals surface area contributed by atoms with Crippen molar-refractivity contribution in [2.24, 2.45) is 47.3 Å². The van der Waals surface area contributed by atoms with Gasteiger partial charge in [-0.15, -0.1) is 0 Å². The van der Waals surface area contributed by atoms with E-state index in [9.17, 15) is 28.8 Å². The van der Waals surface area contributed by atoms with Crippen LogP contribution in [0.25, 0.3) is 0 Å². The Hall–Kier alpha value is -6.30. The molecule has 81 heavy (non-hydrogen) atoms. The number of esters is 3. The summed E-state index contributed by atoms with van der Waals surface area (Å²) in [7, 11) is 0. The highest BCUT2D eigenvalue weighted by atomic mass is 16.6. The number of amides is 3. The molecule has 6 atom stereocenters. The summed E-state index contributed by atoms with van der Waals surface area (Å²) in [5.74, 6) is -0.713. The zero-order valence-electron chi connectivity index (χ0n) is 52.8. The SMILES string of the molecule is CC(C)C(Cc1ccccc1)C(=O)N[C@@H](Cc1ccccc1)C(=O)OC(C)(C)C.CC(C)CC(C(=O)N[C@@H](Cc1ccccc1)C(=O)OC(C)(C)C)C(C)C.CC(C)C[C@H](NC(=O)C(Cc1ccccc1)C(C)C)C(=O)OC(C)(C)C. The van der Waals surface area contributed by atoms with E-state index in [0.29, 0.717) is 38.0 Å². The van der Waals surface area contributed by atoms with Crippen LogP contribution in [0.5, 0.6) is 0 Å². The summed E-state index contributed by atoms with van der Waals surface area (Å²) in [6.45, 7) is 37.1. The van der Waals surface area contributed by atoms with Crippen LogP contribution < -0.4 is 16.0 Å². The summed E-state index contributed by atoms with van der Waals surface area (Å²) in [6, 6.07) is 37.3.